The molecule has 0 fully saturated rings. The highest BCUT2D eigenvalue weighted by atomic mass is 31.2. The van der Waals surface area contributed by atoms with Gasteiger partial charge in [0.15, 0.2) is 11.6 Å². The minimum atomic E-state index is -3.36. The van der Waals surface area contributed by atoms with Gasteiger partial charge in [-0.2, -0.15) is 0 Å². The number of benzene rings is 2. The van der Waals surface area contributed by atoms with Crippen molar-refractivity contribution in [1.29, 1.82) is 0 Å². The Hall–Kier alpha value is -2.03. The lowest BCUT2D eigenvalue weighted by atomic mass is 10.1. The van der Waals surface area contributed by atoms with Crippen LogP contribution in [0.25, 0.3) is 0 Å². The number of carbonyl (C=O) groups excluding carboxylic acids is 2. The van der Waals surface area contributed by atoms with Gasteiger partial charge in [-0.15, -0.1) is 0 Å². The van der Waals surface area contributed by atoms with Crippen molar-refractivity contribution in [2.75, 3.05) is 18.9 Å². The van der Waals surface area contributed by atoms with Crippen LogP contribution < -0.4 is 0 Å². The van der Waals surface area contributed by atoms with Crippen LogP contribution in [0.5, 0.6) is 0 Å². The highest BCUT2D eigenvalue weighted by Gasteiger charge is 2.30. The molecule has 0 spiro atoms. The lowest BCUT2D eigenvalue weighted by Gasteiger charge is -2.16. The summed E-state index contributed by atoms with van der Waals surface area (Å²) in [4.78, 5) is 24.6. The molecule has 0 radical (unpaired) electrons. The van der Waals surface area contributed by atoms with E-state index in [1.165, 1.54) is 0 Å². The molecule has 2 aromatic rings. The van der Waals surface area contributed by atoms with Crippen molar-refractivity contribution in [2.45, 2.75) is 6.92 Å². The Morgan fingerprint density at radius 2 is 1.22 bits per heavy atom. The predicted octanol–water partition coefficient (Wildman–Crippen LogP) is 4.07. The molecular formula is C18H19O4P. The summed E-state index contributed by atoms with van der Waals surface area (Å²) in [5.74, 6) is -0.550. The van der Waals surface area contributed by atoms with Gasteiger partial charge in [0.2, 0.25) is 7.37 Å². The van der Waals surface area contributed by atoms with E-state index in [1.807, 2.05) is 0 Å². The molecule has 0 aromatic heterocycles. The SMILES string of the molecule is CCOP(=O)(CC(=O)c1ccccc1)CC(=O)c1ccccc1. The van der Waals surface area contributed by atoms with E-state index in [0.717, 1.165) is 0 Å². The van der Waals surface area contributed by atoms with Crippen molar-refractivity contribution in [3.05, 3.63) is 71.8 Å². The molecule has 0 aliphatic heterocycles. The molecule has 120 valence electrons. The third-order valence-electron chi connectivity index (χ3n) is 3.32. The van der Waals surface area contributed by atoms with Crippen molar-refractivity contribution in [1.82, 2.24) is 0 Å². The fourth-order valence-corrected chi connectivity index (χ4v) is 4.26. The highest BCUT2D eigenvalue weighted by molar-refractivity contribution is 7.61. The van der Waals surface area contributed by atoms with Crippen LogP contribution in [0.15, 0.2) is 60.7 Å². The number of rotatable bonds is 8. The largest absolute Gasteiger partial charge is 0.328 e. The van der Waals surface area contributed by atoms with E-state index in [1.54, 1.807) is 67.6 Å². The highest BCUT2D eigenvalue weighted by Crippen LogP contribution is 2.47. The summed E-state index contributed by atoms with van der Waals surface area (Å²) in [6.07, 6.45) is -0.521. The van der Waals surface area contributed by atoms with Crippen LogP contribution in [0.1, 0.15) is 27.6 Å². The molecule has 0 unspecified atom stereocenters. The third-order valence-corrected chi connectivity index (χ3v) is 5.59. The Morgan fingerprint density at radius 1 is 0.826 bits per heavy atom. The average Bonchev–Trinajstić information content (AvgIpc) is 2.56. The Bertz CT molecular complexity index is 653. The summed E-state index contributed by atoms with van der Waals surface area (Å²) in [6, 6.07) is 17.2. The quantitative estimate of drug-likeness (QED) is 0.541. The van der Waals surface area contributed by atoms with Crippen molar-refractivity contribution in [2.24, 2.45) is 0 Å². The number of carbonyl (C=O) groups is 2. The van der Waals surface area contributed by atoms with Crippen LogP contribution in [0, 0.1) is 0 Å². The monoisotopic (exact) mass is 330 g/mol. The molecule has 0 amide bonds. The van der Waals surface area contributed by atoms with Crippen LogP contribution in [-0.4, -0.2) is 30.5 Å². The minimum absolute atomic E-state index is 0.196. The van der Waals surface area contributed by atoms with Gasteiger partial charge in [-0.1, -0.05) is 60.7 Å². The van der Waals surface area contributed by atoms with E-state index < -0.39 is 7.37 Å². The molecule has 4 nitrogen and oxygen atoms in total. The first kappa shape index (κ1) is 17.3. The van der Waals surface area contributed by atoms with Crippen molar-refractivity contribution < 1.29 is 18.7 Å². The lowest BCUT2D eigenvalue weighted by molar-refractivity contribution is 0.101. The number of Topliss-reactive ketones (excluding diaryl/α,β-unsaturated/α-hetero) is 2. The van der Waals surface area contributed by atoms with Gasteiger partial charge in [-0.05, 0) is 6.92 Å². The summed E-state index contributed by atoms with van der Waals surface area (Å²) < 4.78 is 18.2. The standard InChI is InChI=1S/C18H19O4P/c1-2-22-23(21,13-17(19)15-9-5-3-6-10-15)14-18(20)16-11-7-4-8-12-16/h3-12H,2,13-14H2,1H3. The molecule has 2 rings (SSSR count). The van der Waals surface area contributed by atoms with Gasteiger partial charge >= 0.3 is 0 Å². The molecule has 0 saturated heterocycles. The van der Waals surface area contributed by atoms with Crippen molar-refractivity contribution in [3.8, 4) is 0 Å². The van der Waals surface area contributed by atoms with Crippen LogP contribution >= 0.6 is 7.37 Å². The fraction of sp³-hybridized carbons (Fsp3) is 0.222. The first-order chi connectivity index (χ1) is 11.0. The van der Waals surface area contributed by atoms with Crippen molar-refractivity contribution >= 4 is 18.9 Å². The zero-order valence-electron chi connectivity index (χ0n) is 13.0. The number of hydrogen-bond acceptors (Lipinski definition) is 4. The molecule has 2 aromatic carbocycles. The molecule has 0 aliphatic rings. The second kappa shape index (κ2) is 8.00. The summed E-state index contributed by atoms with van der Waals surface area (Å²) >= 11 is 0. The van der Waals surface area contributed by atoms with E-state index in [2.05, 4.69) is 0 Å². The van der Waals surface area contributed by atoms with Gasteiger partial charge in [-0.25, -0.2) is 0 Å². The predicted molar refractivity (Wildman–Crippen MR) is 90.5 cm³/mol. The van der Waals surface area contributed by atoms with Crippen LogP contribution in [-0.2, 0) is 9.09 Å². The fourth-order valence-electron chi connectivity index (χ4n) is 2.25. The lowest BCUT2D eigenvalue weighted by Crippen LogP contribution is -2.15. The third kappa shape index (κ3) is 4.98. The van der Waals surface area contributed by atoms with Gasteiger partial charge < -0.3 is 4.52 Å². The molecule has 5 heteroatoms. The second-order valence-corrected chi connectivity index (χ2v) is 7.65. The number of ketones is 2. The Kier molecular flexibility index (Phi) is 6.03. The second-order valence-electron chi connectivity index (χ2n) is 5.13. The first-order valence-electron chi connectivity index (χ1n) is 7.43. The topological polar surface area (TPSA) is 60.4 Å². The van der Waals surface area contributed by atoms with Crippen LogP contribution in [0.3, 0.4) is 0 Å². The van der Waals surface area contributed by atoms with Crippen molar-refractivity contribution in [3.63, 3.8) is 0 Å². The summed E-state index contributed by atoms with van der Waals surface area (Å²) in [5.41, 5.74) is 0.944. The average molecular weight is 330 g/mol. The van der Waals surface area contributed by atoms with E-state index >= 15 is 0 Å². The summed E-state index contributed by atoms with van der Waals surface area (Å²) in [7, 11) is -3.36. The summed E-state index contributed by atoms with van der Waals surface area (Å²) in [6.45, 7) is 1.90. The minimum Gasteiger partial charge on any atom is -0.328 e. The summed E-state index contributed by atoms with van der Waals surface area (Å²) in [5, 5.41) is 0. The first-order valence-corrected chi connectivity index (χ1v) is 9.43. The van der Waals surface area contributed by atoms with Gasteiger partial charge in [0.1, 0.15) is 0 Å². The molecule has 0 heterocycles. The molecule has 23 heavy (non-hydrogen) atoms. The Labute approximate surface area is 135 Å². The maximum absolute atomic E-state index is 12.9. The molecule has 0 bridgehead atoms. The maximum Gasteiger partial charge on any atom is 0.218 e. The Balaban J connectivity index is 2.14. The zero-order valence-corrected chi connectivity index (χ0v) is 13.9. The van der Waals surface area contributed by atoms with Crippen LogP contribution in [0.4, 0.5) is 0 Å². The van der Waals surface area contributed by atoms with Gasteiger partial charge in [-0.3, -0.25) is 14.2 Å². The number of hydrogen-bond donors (Lipinski definition) is 0. The van der Waals surface area contributed by atoms with E-state index in [-0.39, 0.29) is 30.5 Å². The van der Waals surface area contributed by atoms with Crippen LogP contribution in [0.2, 0.25) is 0 Å². The molecule has 0 saturated carbocycles. The normalized spacial score (nSPS) is 11.2. The van der Waals surface area contributed by atoms with E-state index in [4.69, 9.17) is 4.52 Å². The molecule has 0 aliphatic carbocycles. The van der Waals surface area contributed by atoms with Gasteiger partial charge in [0, 0.05) is 11.1 Å². The van der Waals surface area contributed by atoms with Gasteiger partial charge in [0.25, 0.3) is 0 Å². The molecular weight excluding hydrogens is 311 g/mol. The zero-order chi connectivity index (χ0) is 16.7. The van der Waals surface area contributed by atoms with Gasteiger partial charge in [0.05, 0.1) is 18.9 Å². The molecule has 0 N–H and O–H groups in total. The van der Waals surface area contributed by atoms with E-state index in [9.17, 15) is 14.2 Å². The van der Waals surface area contributed by atoms with E-state index in [0.29, 0.717) is 11.1 Å². The maximum atomic E-state index is 12.9. The Morgan fingerprint density at radius 3 is 1.57 bits per heavy atom. The smallest absolute Gasteiger partial charge is 0.218 e. The molecule has 0 atom stereocenters.